The molecule has 0 spiro atoms. The molecule has 0 aliphatic carbocycles. The lowest BCUT2D eigenvalue weighted by molar-refractivity contribution is -0.126. The zero-order valence-corrected chi connectivity index (χ0v) is 15.6. The van der Waals surface area contributed by atoms with Gasteiger partial charge in [-0.1, -0.05) is 11.6 Å². The molecule has 1 aromatic heterocycles. The predicted molar refractivity (Wildman–Crippen MR) is 105 cm³/mol. The van der Waals surface area contributed by atoms with E-state index in [1.165, 1.54) is 18.2 Å². The fourth-order valence-corrected chi connectivity index (χ4v) is 3.58. The van der Waals surface area contributed by atoms with Gasteiger partial charge in [0, 0.05) is 30.1 Å². The van der Waals surface area contributed by atoms with Gasteiger partial charge in [-0.2, -0.15) is 0 Å². The van der Waals surface area contributed by atoms with Crippen LogP contribution in [0.15, 0.2) is 36.4 Å². The number of fused-ring (bicyclic) bond motifs is 2. The van der Waals surface area contributed by atoms with Gasteiger partial charge in [-0.3, -0.25) is 9.59 Å². The topological polar surface area (TPSA) is 86.9 Å². The minimum absolute atomic E-state index is 0.00657. The minimum atomic E-state index is -0.687. The number of benzene rings is 2. The number of carbonyl (C=O) groups is 2. The first-order valence-electron chi connectivity index (χ1n) is 9.01. The van der Waals surface area contributed by atoms with Crippen molar-refractivity contribution in [2.24, 2.45) is 0 Å². The summed E-state index contributed by atoms with van der Waals surface area (Å²) in [7, 11) is 0. The number of nitrogens with zero attached hydrogens (tertiary/aromatic N) is 1. The highest BCUT2D eigenvalue weighted by atomic mass is 35.5. The van der Waals surface area contributed by atoms with Crippen LogP contribution in [0, 0.1) is 5.82 Å². The van der Waals surface area contributed by atoms with Crippen LogP contribution in [-0.4, -0.2) is 28.3 Å². The van der Waals surface area contributed by atoms with E-state index in [-0.39, 0.29) is 18.2 Å². The molecule has 2 heterocycles. The average molecular weight is 401 g/mol. The van der Waals surface area contributed by atoms with E-state index in [0.717, 1.165) is 16.9 Å². The number of hydrogen-bond acceptors (Lipinski definition) is 3. The fourth-order valence-electron chi connectivity index (χ4n) is 3.41. The van der Waals surface area contributed by atoms with Crippen LogP contribution in [0.5, 0.6) is 0 Å². The van der Waals surface area contributed by atoms with E-state index in [4.69, 9.17) is 11.6 Å². The second-order valence-corrected chi connectivity index (χ2v) is 7.21. The van der Waals surface area contributed by atoms with Crippen LogP contribution in [0.1, 0.15) is 30.1 Å². The summed E-state index contributed by atoms with van der Waals surface area (Å²) >= 11 is 5.97. The second kappa shape index (κ2) is 7.59. The number of carbonyl (C=O) groups excluding carboxylic acids is 2. The molecule has 1 atom stereocenters. The molecule has 4 rings (SSSR count). The molecule has 2 amide bonds. The fraction of sp³-hybridized carbons (Fsp3) is 0.250. The van der Waals surface area contributed by atoms with E-state index < -0.39 is 11.7 Å². The van der Waals surface area contributed by atoms with Crippen molar-refractivity contribution >= 4 is 40.1 Å². The SMILES string of the molecule is O=C1C[C@@H](C(=O)NCCCc2nc3ccc(Cl)cc3[nH]2)c2cc(F)ccc2N1. The van der Waals surface area contributed by atoms with Crippen LogP contribution in [0.3, 0.4) is 0 Å². The summed E-state index contributed by atoms with van der Waals surface area (Å²) in [6.07, 6.45) is 1.34. The Kier molecular flexibility index (Phi) is 5.00. The Bertz CT molecular complexity index is 1070. The monoisotopic (exact) mass is 400 g/mol. The number of halogens is 2. The van der Waals surface area contributed by atoms with E-state index in [9.17, 15) is 14.0 Å². The van der Waals surface area contributed by atoms with Gasteiger partial charge in [-0.05, 0) is 48.4 Å². The molecule has 144 valence electrons. The van der Waals surface area contributed by atoms with Crippen molar-refractivity contribution in [2.45, 2.75) is 25.2 Å². The lowest BCUT2D eigenvalue weighted by Gasteiger charge is -2.24. The molecule has 1 aliphatic heterocycles. The number of imidazole rings is 1. The number of H-pyrrole nitrogens is 1. The molecule has 3 N–H and O–H groups in total. The lowest BCUT2D eigenvalue weighted by atomic mass is 9.89. The smallest absolute Gasteiger partial charge is 0.228 e. The lowest BCUT2D eigenvalue weighted by Crippen LogP contribution is -2.35. The Morgan fingerprint density at radius 3 is 3.00 bits per heavy atom. The van der Waals surface area contributed by atoms with Gasteiger partial charge in [0.05, 0.1) is 17.0 Å². The summed E-state index contributed by atoms with van der Waals surface area (Å²) in [6, 6.07) is 9.51. The highest BCUT2D eigenvalue weighted by molar-refractivity contribution is 6.31. The van der Waals surface area contributed by atoms with Crippen LogP contribution < -0.4 is 10.6 Å². The van der Waals surface area contributed by atoms with E-state index in [2.05, 4.69) is 20.6 Å². The maximum Gasteiger partial charge on any atom is 0.228 e. The number of nitrogens with one attached hydrogen (secondary N) is 3. The molecule has 3 aromatic rings. The number of aromatic nitrogens is 2. The molecule has 0 unspecified atom stereocenters. The van der Waals surface area contributed by atoms with Crippen LogP contribution in [0.2, 0.25) is 5.02 Å². The van der Waals surface area contributed by atoms with Crippen LogP contribution in [0.25, 0.3) is 11.0 Å². The van der Waals surface area contributed by atoms with Crippen molar-refractivity contribution in [1.82, 2.24) is 15.3 Å². The van der Waals surface area contributed by atoms with E-state index in [1.54, 1.807) is 6.07 Å². The number of aryl methyl sites for hydroxylation is 1. The van der Waals surface area contributed by atoms with E-state index >= 15 is 0 Å². The molecular weight excluding hydrogens is 383 g/mol. The summed E-state index contributed by atoms with van der Waals surface area (Å²) in [4.78, 5) is 32.1. The van der Waals surface area contributed by atoms with Gasteiger partial charge in [0.15, 0.2) is 0 Å². The van der Waals surface area contributed by atoms with Crippen LogP contribution >= 0.6 is 11.6 Å². The van der Waals surface area contributed by atoms with E-state index in [1.807, 2.05) is 12.1 Å². The molecule has 28 heavy (non-hydrogen) atoms. The number of aromatic amines is 1. The van der Waals surface area contributed by atoms with Crippen molar-refractivity contribution < 1.29 is 14.0 Å². The summed E-state index contributed by atoms with van der Waals surface area (Å²) in [5, 5.41) is 6.15. The molecule has 6 nitrogen and oxygen atoms in total. The maximum absolute atomic E-state index is 13.6. The molecule has 0 radical (unpaired) electrons. The van der Waals surface area contributed by atoms with Crippen molar-refractivity contribution in [2.75, 3.05) is 11.9 Å². The predicted octanol–water partition coefficient (Wildman–Crippen LogP) is 3.53. The summed E-state index contributed by atoms with van der Waals surface area (Å²) in [6.45, 7) is 0.430. The first kappa shape index (κ1) is 18.4. The van der Waals surface area contributed by atoms with Crippen molar-refractivity contribution in [3.05, 3.63) is 58.6 Å². The van der Waals surface area contributed by atoms with Gasteiger partial charge in [-0.25, -0.2) is 9.37 Å². The highest BCUT2D eigenvalue weighted by Gasteiger charge is 2.30. The van der Waals surface area contributed by atoms with Crippen LogP contribution in [-0.2, 0) is 16.0 Å². The highest BCUT2D eigenvalue weighted by Crippen LogP contribution is 2.32. The zero-order chi connectivity index (χ0) is 19.7. The maximum atomic E-state index is 13.6. The Labute approximate surface area is 165 Å². The number of anilines is 1. The summed E-state index contributed by atoms with van der Waals surface area (Å²) in [5.74, 6) is -0.834. The van der Waals surface area contributed by atoms with Gasteiger partial charge < -0.3 is 15.6 Å². The van der Waals surface area contributed by atoms with Gasteiger partial charge in [0.25, 0.3) is 0 Å². The Morgan fingerprint density at radius 2 is 2.14 bits per heavy atom. The standard InChI is InChI=1S/C20H18ClFN4O2/c21-11-3-5-16-17(8-11)25-18(24-16)2-1-7-23-20(28)14-10-19(27)26-15-6-4-12(22)9-13(14)15/h3-6,8-9,14H,1-2,7,10H2,(H,23,28)(H,24,25)(H,26,27)/t14-/m1/s1. The third-order valence-corrected chi connectivity index (χ3v) is 4.99. The summed E-state index contributed by atoms with van der Waals surface area (Å²) in [5.41, 5.74) is 2.71. The molecule has 8 heteroatoms. The quantitative estimate of drug-likeness (QED) is 0.572. The minimum Gasteiger partial charge on any atom is -0.356 e. The molecular formula is C20H18ClFN4O2. The van der Waals surface area contributed by atoms with Crippen molar-refractivity contribution in [3.63, 3.8) is 0 Å². The van der Waals surface area contributed by atoms with Gasteiger partial charge in [0.2, 0.25) is 11.8 Å². The largest absolute Gasteiger partial charge is 0.356 e. The number of amides is 2. The van der Waals surface area contributed by atoms with Gasteiger partial charge in [-0.15, -0.1) is 0 Å². The molecule has 0 saturated heterocycles. The van der Waals surface area contributed by atoms with Crippen LogP contribution in [0.4, 0.5) is 10.1 Å². The summed E-state index contributed by atoms with van der Waals surface area (Å²) < 4.78 is 13.6. The molecule has 2 aromatic carbocycles. The first-order valence-corrected chi connectivity index (χ1v) is 9.38. The normalized spacial score (nSPS) is 15.9. The Balaban J connectivity index is 1.35. The van der Waals surface area contributed by atoms with Gasteiger partial charge >= 0.3 is 0 Å². The third kappa shape index (κ3) is 3.84. The Hall–Kier alpha value is -2.93. The molecule has 0 bridgehead atoms. The first-order chi connectivity index (χ1) is 13.5. The Morgan fingerprint density at radius 1 is 1.29 bits per heavy atom. The van der Waals surface area contributed by atoms with E-state index in [0.29, 0.717) is 35.7 Å². The zero-order valence-electron chi connectivity index (χ0n) is 14.9. The second-order valence-electron chi connectivity index (χ2n) is 6.78. The molecule has 0 fully saturated rings. The number of hydrogen-bond donors (Lipinski definition) is 3. The van der Waals surface area contributed by atoms with Crippen molar-refractivity contribution in [3.8, 4) is 0 Å². The molecule has 0 saturated carbocycles. The third-order valence-electron chi connectivity index (χ3n) is 4.75. The number of rotatable bonds is 5. The average Bonchev–Trinajstić information content (AvgIpc) is 3.06. The van der Waals surface area contributed by atoms with Crippen molar-refractivity contribution in [1.29, 1.82) is 0 Å². The van der Waals surface area contributed by atoms with Gasteiger partial charge in [0.1, 0.15) is 11.6 Å². The molecule has 1 aliphatic rings.